The number of allylic oxidation sites excluding steroid dienone is 2. The first kappa shape index (κ1) is 25.7. The average molecular weight is 530 g/mol. The van der Waals surface area contributed by atoms with E-state index in [1.165, 1.54) is 38.5 Å². The molecule has 0 radical (unpaired) electrons. The molecule has 200 valence electrons. The molecule has 0 saturated carbocycles. The van der Waals surface area contributed by atoms with Crippen LogP contribution in [0, 0.1) is 0 Å². The molecule has 0 fully saturated rings. The lowest BCUT2D eigenvalue weighted by Gasteiger charge is -2.22. The van der Waals surface area contributed by atoms with Crippen molar-refractivity contribution in [3.63, 3.8) is 0 Å². The van der Waals surface area contributed by atoms with E-state index >= 15 is 0 Å². The zero-order chi connectivity index (χ0) is 28.2. The summed E-state index contributed by atoms with van der Waals surface area (Å²) >= 11 is 0. The first-order valence-corrected chi connectivity index (χ1v) is 12.1. The Labute approximate surface area is 222 Å². The second-order valence-electron chi connectivity index (χ2n) is 9.56. The highest BCUT2D eigenvalue weighted by Gasteiger charge is 2.28. The van der Waals surface area contributed by atoms with E-state index < -0.39 is 17.0 Å². The Bertz CT molecular complexity index is 1940. The molecular formula is C30H27NO8. The number of hydrogen-bond donors (Lipinski definition) is 3. The summed E-state index contributed by atoms with van der Waals surface area (Å²) in [6.07, 6.45) is 1.84. The van der Waals surface area contributed by atoms with Crippen molar-refractivity contribution in [3.05, 3.63) is 85.9 Å². The quantitative estimate of drug-likeness (QED) is 0.164. The Morgan fingerprint density at radius 3 is 2.38 bits per heavy atom. The average Bonchev–Trinajstić information content (AvgIpc) is 2.89. The number of ether oxygens (including phenoxy) is 2. The number of pyridine rings is 1. The fraction of sp³-hybridized carbons (Fsp3) is 0.200. The van der Waals surface area contributed by atoms with Crippen LogP contribution in [0.4, 0.5) is 0 Å². The maximum Gasteiger partial charge on any atom is 0.336 e. The zero-order valence-electron chi connectivity index (χ0n) is 22.0. The van der Waals surface area contributed by atoms with Crippen molar-refractivity contribution >= 4 is 32.8 Å². The molecule has 0 saturated heterocycles. The largest absolute Gasteiger partial charge is 0.507 e. The van der Waals surface area contributed by atoms with Gasteiger partial charge in [-0.1, -0.05) is 11.6 Å². The molecule has 0 aliphatic carbocycles. The molecule has 0 aliphatic rings. The first-order chi connectivity index (χ1) is 18.6. The second-order valence-corrected chi connectivity index (χ2v) is 9.56. The van der Waals surface area contributed by atoms with Crippen LogP contribution in [0.2, 0.25) is 0 Å². The van der Waals surface area contributed by atoms with E-state index in [1.807, 2.05) is 19.9 Å². The minimum Gasteiger partial charge on any atom is -0.507 e. The third-order valence-electron chi connectivity index (χ3n) is 6.90. The van der Waals surface area contributed by atoms with Crippen LogP contribution in [0.15, 0.2) is 68.1 Å². The molecule has 9 heteroatoms. The van der Waals surface area contributed by atoms with Gasteiger partial charge in [0.2, 0.25) is 5.43 Å². The molecule has 5 aromatic rings. The molecule has 39 heavy (non-hydrogen) atoms. The monoisotopic (exact) mass is 529 g/mol. The predicted molar refractivity (Wildman–Crippen MR) is 149 cm³/mol. The van der Waals surface area contributed by atoms with Gasteiger partial charge in [0, 0.05) is 47.7 Å². The highest BCUT2D eigenvalue weighted by atomic mass is 16.5. The van der Waals surface area contributed by atoms with E-state index in [-0.39, 0.29) is 44.9 Å². The normalized spacial score (nSPS) is 12.1. The van der Waals surface area contributed by atoms with Gasteiger partial charge in [0.05, 0.1) is 36.0 Å². The minimum absolute atomic E-state index is 0.00320. The third kappa shape index (κ3) is 4.03. The molecule has 0 aliphatic heterocycles. The van der Waals surface area contributed by atoms with Crippen LogP contribution >= 0.6 is 0 Å². The van der Waals surface area contributed by atoms with Crippen LogP contribution < -0.4 is 20.5 Å². The summed E-state index contributed by atoms with van der Waals surface area (Å²) in [6.45, 7) is 3.75. The molecule has 9 nitrogen and oxygen atoms in total. The van der Waals surface area contributed by atoms with Gasteiger partial charge in [0.1, 0.15) is 22.8 Å². The van der Waals surface area contributed by atoms with Gasteiger partial charge in [-0.2, -0.15) is 0 Å². The Kier molecular flexibility index (Phi) is 6.22. The summed E-state index contributed by atoms with van der Waals surface area (Å²) in [5.74, 6) is -1.05. The van der Waals surface area contributed by atoms with Gasteiger partial charge < -0.3 is 33.8 Å². The number of phenols is 3. The molecule has 1 atom stereocenters. The van der Waals surface area contributed by atoms with Gasteiger partial charge in [-0.15, -0.1) is 0 Å². The van der Waals surface area contributed by atoms with Gasteiger partial charge in [-0.25, -0.2) is 4.79 Å². The number of phenolic OH excluding ortho intramolecular Hbond substituents is 3. The lowest BCUT2D eigenvalue weighted by molar-refractivity contribution is 0.376. The summed E-state index contributed by atoms with van der Waals surface area (Å²) in [5.41, 5.74) is 1.47. The van der Waals surface area contributed by atoms with Crippen LogP contribution in [0.3, 0.4) is 0 Å². The number of benzene rings is 3. The summed E-state index contributed by atoms with van der Waals surface area (Å²) in [6, 6.07) is 10.5. The third-order valence-corrected chi connectivity index (χ3v) is 6.90. The summed E-state index contributed by atoms with van der Waals surface area (Å²) in [4.78, 5) is 25.5. The molecule has 2 aromatic heterocycles. The number of aromatic hydroxyl groups is 3. The van der Waals surface area contributed by atoms with Gasteiger partial charge >= 0.3 is 5.63 Å². The maximum atomic E-state index is 13.7. The molecule has 3 aromatic carbocycles. The molecule has 3 N–H and O–H groups in total. The van der Waals surface area contributed by atoms with Crippen molar-refractivity contribution in [3.8, 4) is 28.7 Å². The van der Waals surface area contributed by atoms with Crippen molar-refractivity contribution < 1.29 is 29.2 Å². The van der Waals surface area contributed by atoms with Crippen LogP contribution in [-0.4, -0.2) is 34.1 Å². The standard InChI is InChI=1S/C30H27NO8/c1-14(2)10-18(17-11-15-6-9-24(34)39-22(15)13-23(17)37-4)25-21(33)12-19-26(29(25)36)28(35)16-7-8-20(32)30(38-5)27(16)31(19)3/h6-13,18,32-33,36H,1-5H3. The van der Waals surface area contributed by atoms with Gasteiger partial charge in [-0.3, -0.25) is 4.79 Å². The lowest BCUT2D eigenvalue weighted by atomic mass is 9.86. The Morgan fingerprint density at radius 2 is 1.72 bits per heavy atom. The van der Waals surface area contributed by atoms with Gasteiger partial charge in [-0.05, 0) is 38.1 Å². The van der Waals surface area contributed by atoms with Crippen LogP contribution in [0.25, 0.3) is 32.8 Å². The summed E-state index contributed by atoms with van der Waals surface area (Å²) < 4.78 is 17.9. The van der Waals surface area contributed by atoms with Crippen molar-refractivity contribution in [1.82, 2.24) is 4.57 Å². The van der Waals surface area contributed by atoms with E-state index in [2.05, 4.69) is 0 Å². The van der Waals surface area contributed by atoms with E-state index in [4.69, 9.17) is 13.9 Å². The molecule has 0 bridgehead atoms. The Hall–Kier alpha value is -4.92. The fourth-order valence-corrected chi connectivity index (χ4v) is 5.18. The summed E-state index contributed by atoms with van der Waals surface area (Å²) in [7, 11) is 4.50. The molecule has 0 amide bonds. The second kappa shape index (κ2) is 9.43. The van der Waals surface area contributed by atoms with E-state index in [0.717, 1.165) is 5.57 Å². The first-order valence-electron chi connectivity index (χ1n) is 12.1. The number of nitrogens with zero attached hydrogens (tertiary/aromatic N) is 1. The molecule has 0 spiro atoms. The molecular weight excluding hydrogens is 502 g/mol. The summed E-state index contributed by atoms with van der Waals surface area (Å²) in [5, 5.41) is 34.1. The van der Waals surface area contributed by atoms with Crippen LogP contribution in [0.1, 0.15) is 30.9 Å². The van der Waals surface area contributed by atoms with Crippen molar-refractivity contribution in [2.24, 2.45) is 7.05 Å². The van der Waals surface area contributed by atoms with Gasteiger partial charge in [0.25, 0.3) is 0 Å². The predicted octanol–water partition coefficient (Wildman–Crippen LogP) is 5.03. The molecule has 1 unspecified atom stereocenters. The SMILES string of the molecule is COc1cc2oc(=O)ccc2cc1C(C=C(C)C)c1c(O)cc2c(c1O)c(=O)c1ccc(O)c(OC)c1n2C. The van der Waals surface area contributed by atoms with Gasteiger partial charge in [0.15, 0.2) is 11.5 Å². The van der Waals surface area contributed by atoms with Crippen molar-refractivity contribution in [1.29, 1.82) is 0 Å². The topological polar surface area (TPSA) is 131 Å². The highest BCUT2D eigenvalue weighted by Crippen LogP contribution is 2.47. The Morgan fingerprint density at radius 1 is 0.974 bits per heavy atom. The number of aromatic nitrogens is 1. The van der Waals surface area contributed by atoms with Crippen molar-refractivity contribution in [2.75, 3.05) is 14.2 Å². The van der Waals surface area contributed by atoms with Crippen LogP contribution in [-0.2, 0) is 7.05 Å². The lowest BCUT2D eigenvalue weighted by Crippen LogP contribution is -2.12. The smallest absolute Gasteiger partial charge is 0.336 e. The maximum absolute atomic E-state index is 13.7. The number of hydrogen-bond acceptors (Lipinski definition) is 8. The van der Waals surface area contributed by atoms with E-state index in [0.29, 0.717) is 27.8 Å². The number of methoxy groups -OCH3 is 2. The fourth-order valence-electron chi connectivity index (χ4n) is 5.18. The number of aryl methyl sites for hydroxylation is 1. The number of fused-ring (bicyclic) bond motifs is 3. The number of rotatable bonds is 5. The highest BCUT2D eigenvalue weighted by molar-refractivity contribution is 6.01. The van der Waals surface area contributed by atoms with E-state index in [1.54, 1.807) is 29.8 Å². The Balaban J connectivity index is 1.90. The molecule has 2 heterocycles. The molecule has 5 rings (SSSR count). The zero-order valence-corrected chi connectivity index (χ0v) is 22.0. The minimum atomic E-state index is -0.736. The van der Waals surface area contributed by atoms with Crippen molar-refractivity contribution in [2.45, 2.75) is 19.8 Å². The van der Waals surface area contributed by atoms with Crippen LogP contribution in [0.5, 0.6) is 28.7 Å². The van der Waals surface area contributed by atoms with E-state index in [9.17, 15) is 24.9 Å².